The first-order chi connectivity index (χ1) is 7.02. The molecule has 0 radical (unpaired) electrons. The number of nitrogens with zero attached hydrogens (tertiary/aromatic N) is 1. The van der Waals surface area contributed by atoms with Gasteiger partial charge in [-0.3, -0.25) is 9.78 Å². The molecule has 82 valence electrons. The summed E-state index contributed by atoms with van der Waals surface area (Å²) in [4.78, 5) is 14.8. The molecule has 1 rings (SSSR count). The van der Waals surface area contributed by atoms with Crippen LogP contribution in [-0.4, -0.2) is 26.6 Å². The van der Waals surface area contributed by atoms with Gasteiger partial charge in [0, 0.05) is 12.4 Å². The number of aliphatic carboxylic acids is 1. The molecule has 4 heteroatoms. The van der Waals surface area contributed by atoms with Crippen molar-refractivity contribution < 1.29 is 9.90 Å². The molecule has 0 aliphatic rings. The van der Waals surface area contributed by atoms with Gasteiger partial charge in [-0.05, 0) is 37.7 Å². The highest BCUT2D eigenvalue weighted by Gasteiger charge is 2.26. The zero-order chi connectivity index (χ0) is 11.3. The minimum Gasteiger partial charge on any atom is -0.480 e. The smallest absolute Gasteiger partial charge is 0.319 e. The maximum absolute atomic E-state index is 10.8. The molecule has 0 atom stereocenters. The molecule has 1 aromatic heterocycles. The van der Waals surface area contributed by atoms with Gasteiger partial charge in [0.05, 0.1) is 0 Å². The van der Waals surface area contributed by atoms with E-state index in [1.807, 2.05) is 18.3 Å². The average molecular weight is 225 g/mol. The Balaban J connectivity index is 2.37. The van der Waals surface area contributed by atoms with E-state index < -0.39 is 10.7 Å². The summed E-state index contributed by atoms with van der Waals surface area (Å²) < 4.78 is -0.706. The van der Waals surface area contributed by atoms with Crippen LogP contribution in [0.15, 0.2) is 24.5 Å². The van der Waals surface area contributed by atoms with Crippen molar-refractivity contribution in [1.29, 1.82) is 0 Å². The number of rotatable bonds is 5. The summed E-state index contributed by atoms with van der Waals surface area (Å²) in [7, 11) is 0. The summed E-state index contributed by atoms with van der Waals surface area (Å²) >= 11 is 1.45. The summed E-state index contributed by atoms with van der Waals surface area (Å²) in [5.41, 5.74) is 1.14. The fourth-order valence-electron chi connectivity index (χ4n) is 1.03. The van der Waals surface area contributed by atoms with Gasteiger partial charge >= 0.3 is 5.97 Å². The number of pyridine rings is 1. The Morgan fingerprint density at radius 1 is 1.60 bits per heavy atom. The Morgan fingerprint density at radius 2 is 2.33 bits per heavy atom. The van der Waals surface area contributed by atoms with Crippen LogP contribution in [0.4, 0.5) is 0 Å². The van der Waals surface area contributed by atoms with Gasteiger partial charge in [0.1, 0.15) is 4.75 Å². The minimum absolute atomic E-state index is 0.706. The molecule has 0 amide bonds. The maximum atomic E-state index is 10.8. The first-order valence-corrected chi connectivity index (χ1v) is 5.77. The third-order valence-electron chi connectivity index (χ3n) is 2.09. The van der Waals surface area contributed by atoms with Crippen LogP contribution >= 0.6 is 11.8 Å². The quantitative estimate of drug-likeness (QED) is 0.834. The van der Waals surface area contributed by atoms with Crippen molar-refractivity contribution in [1.82, 2.24) is 4.98 Å². The number of aromatic nitrogens is 1. The molecule has 0 aliphatic heterocycles. The number of aryl methyl sites for hydroxylation is 1. The fourth-order valence-corrected chi connectivity index (χ4v) is 2.00. The number of thioether (sulfide) groups is 1. The molecule has 0 unspecified atom stereocenters. The van der Waals surface area contributed by atoms with Crippen molar-refractivity contribution in [2.45, 2.75) is 25.0 Å². The molecule has 0 saturated heterocycles. The first-order valence-electron chi connectivity index (χ1n) is 4.78. The molecule has 1 N–H and O–H groups in total. The molecule has 1 heterocycles. The Kier molecular flexibility index (Phi) is 4.15. The molecule has 0 spiro atoms. The molecule has 3 nitrogen and oxygen atoms in total. The van der Waals surface area contributed by atoms with Crippen LogP contribution in [0.2, 0.25) is 0 Å². The van der Waals surface area contributed by atoms with Crippen LogP contribution in [0.25, 0.3) is 0 Å². The summed E-state index contributed by atoms with van der Waals surface area (Å²) in [6.45, 7) is 3.45. The predicted molar refractivity (Wildman–Crippen MR) is 62.1 cm³/mol. The van der Waals surface area contributed by atoms with Gasteiger partial charge in [0.25, 0.3) is 0 Å². The van der Waals surface area contributed by atoms with Gasteiger partial charge in [-0.25, -0.2) is 0 Å². The molecular weight excluding hydrogens is 210 g/mol. The van der Waals surface area contributed by atoms with Crippen molar-refractivity contribution in [3.63, 3.8) is 0 Å². The lowest BCUT2D eigenvalue weighted by Gasteiger charge is -2.17. The number of carbonyl (C=O) groups is 1. The zero-order valence-electron chi connectivity index (χ0n) is 8.93. The van der Waals surface area contributed by atoms with E-state index in [-0.39, 0.29) is 0 Å². The Morgan fingerprint density at radius 3 is 2.87 bits per heavy atom. The third-order valence-corrected chi connectivity index (χ3v) is 3.40. The van der Waals surface area contributed by atoms with Crippen LogP contribution in [0.1, 0.15) is 19.4 Å². The Hall–Kier alpha value is -1.03. The Labute approximate surface area is 93.9 Å². The van der Waals surface area contributed by atoms with Crippen molar-refractivity contribution in [3.8, 4) is 0 Å². The maximum Gasteiger partial charge on any atom is 0.319 e. The highest BCUT2D eigenvalue weighted by Crippen LogP contribution is 2.25. The summed E-state index contributed by atoms with van der Waals surface area (Å²) in [5.74, 6) is 0.0315. The first kappa shape index (κ1) is 12.0. The number of hydrogen-bond donors (Lipinski definition) is 1. The summed E-state index contributed by atoms with van der Waals surface area (Å²) in [6, 6.07) is 3.89. The fraction of sp³-hybridized carbons (Fsp3) is 0.455. The monoisotopic (exact) mass is 225 g/mol. The molecule has 0 saturated carbocycles. The zero-order valence-corrected chi connectivity index (χ0v) is 9.75. The second kappa shape index (κ2) is 5.16. The highest BCUT2D eigenvalue weighted by molar-refractivity contribution is 8.01. The number of carboxylic acids is 1. The van der Waals surface area contributed by atoms with E-state index >= 15 is 0 Å². The van der Waals surface area contributed by atoms with Crippen molar-refractivity contribution in [3.05, 3.63) is 30.1 Å². The van der Waals surface area contributed by atoms with Crippen LogP contribution in [-0.2, 0) is 11.2 Å². The molecular formula is C11H15NO2S. The van der Waals surface area contributed by atoms with Crippen LogP contribution < -0.4 is 0 Å². The Bertz CT molecular complexity index is 325. The summed E-state index contributed by atoms with van der Waals surface area (Å²) in [6.07, 6.45) is 4.40. The normalized spacial score (nSPS) is 11.3. The van der Waals surface area contributed by atoms with Gasteiger partial charge in [-0.15, -0.1) is 11.8 Å². The van der Waals surface area contributed by atoms with Crippen LogP contribution in [0.5, 0.6) is 0 Å². The molecule has 0 bridgehead atoms. The standard InChI is InChI=1S/C11H15NO2S/c1-11(2,10(13)14)15-7-5-9-4-3-6-12-8-9/h3-4,6,8H,5,7H2,1-2H3,(H,13,14). The lowest BCUT2D eigenvalue weighted by molar-refractivity contribution is -0.138. The topological polar surface area (TPSA) is 50.2 Å². The molecule has 0 aromatic carbocycles. The van der Waals surface area contributed by atoms with E-state index in [0.29, 0.717) is 0 Å². The van der Waals surface area contributed by atoms with Crippen LogP contribution in [0.3, 0.4) is 0 Å². The predicted octanol–water partition coefficient (Wildman–Crippen LogP) is 2.22. The second-order valence-electron chi connectivity index (χ2n) is 3.78. The SMILES string of the molecule is CC(C)(SCCc1cccnc1)C(=O)O. The van der Waals surface area contributed by atoms with E-state index in [0.717, 1.165) is 17.7 Å². The number of carboxylic acid groups (broad SMARTS) is 1. The largest absolute Gasteiger partial charge is 0.480 e. The highest BCUT2D eigenvalue weighted by atomic mass is 32.2. The van der Waals surface area contributed by atoms with Crippen molar-refractivity contribution in [2.75, 3.05) is 5.75 Å². The van der Waals surface area contributed by atoms with Gasteiger partial charge in [0.15, 0.2) is 0 Å². The van der Waals surface area contributed by atoms with Gasteiger partial charge in [-0.1, -0.05) is 6.07 Å². The average Bonchev–Trinajstić information content (AvgIpc) is 2.19. The molecule has 0 aliphatic carbocycles. The van der Waals surface area contributed by atoms with Crippen molar-refractivity contribution >= 4 is 17.7 Å². The van der Waals surface area contributed by atoms with E-state index in [9.17, 15) is 4.79 Å². The van der Waals surface area contributed by atoms with E-state index in [4.69, 9.17) is 5.11 Å². The molecule has 0 fully saturated rings. The second-order valence-corrected chi connectivity index (χ2v) is 5.49. The molecule has 1 aromatic rings. The third kappa shape index (κ3) is 3.91. The van der Waals surface area contributed by atoms with E-state index in [1.54, 1.807) is 20.0 Å². The van der Waals surface area contributed by atoms with E-state index in [1.165, 1.54) is 11.8 Å². The lowest BCUT2D eigenvalue weighted by atomic mass is 10.2. The van der Waals surface area contributed by atoms with Gasteiger partial charge in [-0.2, -0.15) is 0 Å². The summed E-state index contributed by atoms with van der Waals surface area (Å²) in [5, 5.41) is 8.91. The van der Waals surface area contributed by atoms with Gasteiger partial charge in [0.2, 0.25) is 0 Å². The molecule has 15 heavy (non-hydrogen) atoms. The minimum atomic E-state index is -0.765. The van der Waals surface area contributed by atoms with E-state index in [2.05, 4.69) is 4.98 Å². The lowest BCUT2D eigenvalue weighted by Crippen LogP contribution is -2.27. The van der Waals surface area contributed by atoms with Gasteiger partial charge < -0.3 is 5.11 Å². The van der Waals surface area contributed by atoms with Crippen LogP contribution in [0, 0.1) is 0 Å². The number of hydrogen-bond acceptors (Lipinski definition) is 3. The van der Waals surface area contributed by atoms with Crippen molar-refractivity contribution in [2.24, 2.45) is 0 Å².